The molecule has 0 saturated carbocycles. The molecular weight excluding hydrogens is 437 g/mol. The number of hydrogen-bond acceptors (Lipinski definition) is 6. The molecule has 0 aliphatic rings. The van der Waals surface area contributed by atoms with Gasteiger partial charge in [0.2, 0.25) is 11.8 Å². The monoisotopic (exact) mass is 454 g/mol. The molecule has 1 N–H and O–H groups in total. The summed E-state index contributed by atoms with van der Waals surface area (Å²) in [6, 6.07) is 9.03. The topological polar surface area (TPSA) is 103 Å². The van der Waals surface area contributed by atoms with Crippen molar-refractivity contribution < 1.29 is 27.5 Å². The van der Waals surface area contributed by atoms with Gasteiger partial charge in [-0.15, -0.1) is 0 Å². The fourth-order valence-corrected chi connectivity index (χ4v) is 3.06. The van der Waals surface area contributed by atoms with Gasteiger partial charge in [0.05, 0.1) is 11.6 Å². The zero-order valence-electron chi connectivity index (χ0n) is 17.2. The van der Waals surface area contributed by atoms with Gasteiger partial charge in [0, 0.05) is 29.8 Å². The summed E-state index contributed by atoms with van der Waals surface area (Å²) >= 11 is 0. The van der Waals surface area contributed by atoms with Crippen molar-refractivity contribution in [3.63, 3.8) is 0 Å². The summed E-state index contributed by atoms with van der Waals surface area (Å²) in [5, 5.41) is 18.1. The lowest BCUT2D eigenvalue weighted by Gasteiger charge is -2.14. The van der Waals surface area contributed by atoms with E-state index < -0.39 is 17.8 Å². The van der Waals surface area contributed by atoms with Gasteiger partial charge in [-0.2, -0.15) is 13.2 Å². The van der Waals surface area contributed by atoms with Crippen LogP contribution < -0.4 is 15.1 Å². The van der Waals surface area contributed by atoms with Gasteiger partial charge in [-0.3, -0.25) is 14.5 Å². The van der Waals surface area contributed by atoms with E-state index in [9.17, 15) is 18.3 Å². The van der Waals surface area contributed by atoms with Gasteiger partial charge in [-0.05, 0) is 53.1 Å². The molecule has 4 aromatic rings. The number of alkyl halides is 3. The maximum absolute atomic E-state index is 12.8. The van der Waals surface area contributed by atoms with E-state index >= 15 is 0 Å². The minimum Gasteiger partial charge on any atom is -0.846 e. The second-order valence-electron chi connectivity index (χ2n) is 7.09. The zero-order chi connectivity index (χ0) is 23.4. The number of halogens is 3. The Bertz CT molecular complexity index is 1290. The highest BCUT2D eigenvalue weighted by molar-refractivity contribution is 5.87. The minimum atomic E-state index is -4.52. The SMILES string of the molecule is Cc1cnccc1-c1ccc(C[n+]2cc(N=C([O-])Nc3cccc(C(F)(F)F)c3)on2)nc1. The highest BCUT2D eigenvalue weighted by Crippen LogP contribution is 2.30. The highest BCUT2D eigenvalue weighted by Gasteiger charge is 2.30. The fourth-order valence-electron chi connectivity index (χ4n) is 3.06. The second kappa shape index (κ2) is 9.07. The van der Waals surface area contributed by atoms with Crippen molar-refractivity contribution >= 4 is 17.6 Å². The summed E-state index contributed by atoms with van der Waals surface area (Å²) in [4.78, 5) is 12.2. The van der Waals surface area contributed by atoms with Crippen molar-refractivity contribution in [2.24, 2.45) is 4.99 Å². The van der Waals surface area contributed by atoms with Crippen molar-refractivity contribution in [2.45, 2.75) is 19.6 Å². The predicted molar refractivity (Wildman–Crippen MR) is 110 cm³/mol. The van der Waals surface area contributed by atoms with Crippen molar-refractivity contribution in [1.82, 2.24) is 15.2 Å². The first-order valence-electron chi connectivity index (χ1n) is 9.70. The maximum atomic E-state index is 12.8. The molecule has 0 amide bonds. The molecule has 1 aromatic carbocycles. The highest BCUT2D eigenvalue weighted by atomic mass is 19.4. The molecule has 3 aromatic heterocycles. The Morgan fingerprint density at radius 2 is 2.03 bits per heavy atom. The molecule has 0 fully saturated rings. The molecule has 0 aliphatic carbocycles. The Hall–Kier alpha value is -4.28. The van der Waals surface area contributed by atoms with Crippen LogP contribution in [0.25, 0.3) is 11.1 Å². The molecule has 4 rings (SSSR count). The largest absolute Gasteiger partial charge is 0.846 e. The molecule has 3 heterocycles. The predicted octanol–water partition coefficient (Wildman–Crippen LogP) is 3.25. The Kier molecular flexibility index (Phi) is 6.03. The first-order valence-corrected chi connectivity index (χ1v) is 9.70. The van der Waals surface area contributed by atoms with E-state index in [0.717, 1.165) is 28.8 Å². The van der Waals surface area contributed by atoms with E-state index in [1.165, 1.54) is 23.0 Å². The summed E-state index contributed by atoms with van der Waals surface area (Å²) in [6.07, 6.45) is 2.11. The normalized spacial score (nSPS) is 12.1. The third kappa shape index (κ3) is 5.50. The van der Waals surface area contributed by atoms with Crippen LogP contribution in [0, 0.1) is 6.92 Å². The van der Waals surface area contributed by atoms with Crippen LogP contribution in [0.2, 0.25) is 0 Å². The molecule has 0 bridgehead atoms. The van der Waals surface area contributed by atoms with Gasteiger partial charge in [0.1, 0.15) is 5.69 Å². The number of benzene rings is 1. The molecule has 0 saturated heterocycles. The summed E-state index contributed by atoms with van der Waals surface area (Å²) in [6.45, 7) is 2.24. The first kappa shape index (κ1) is 21.9. The first-order chi connectivity index (χ1) is 15.8. The number of nitrogens with zero attached hydrogens (tertiary/aromatic N) is 5. The average Bonchev–Trinajstić information content (AvgIpc) is 3.21. The molecule has 168 valence electrons. The van der Waals surface area contributed by atoms with Gasteiger partial charge in [-0.25, -0.2) is 4.99 Å². The fraction of sp³-hybridized carbons (Fsp3) is 0.136. The van der Waals surface area contributed by atoms with Gasteiger partial charge >= 0.3 is 12.1 Å². The van der Waals surface area contributed by atoms with E-state index in [1.807, 2.05) is 25.1 Å². The van der Waals surface area contributed by atoms with Crippen molar-refractivity contribution in [1.29, 1.82) is 0 Å². The van der Waals surface area contributed by atoms with E-state index in [1.54, 1.807) is 18.6 Å². The molecule has 0 atom stereocenters. The van der Waals surface area contributed by atoms with Crippen LogP contribution in [0.3, 0.4) is 0 Å². The lowest BCUT2D eigenvalue weighted by molar-refractivity contribution is -0.755. The number of hydrogen-bond donors (Lipinski definition) is 1. The number of rotatable bonds is 5. The van der Waals surface area contributed by atoms with Crippen LogP contribution in [-0.4, -0.2) is 21.3 Å². The molecule has 8 nitrogen and oxygen atoms in total. The standard InChI is InChI=1S/C22H17F3N6O2/c1-14-10-26-8-7-19(14)15-5-6-18(27-11-15)12-31-13-20(33-30-31)29-21(32)28-17-4-2-3-16(9-17)22(23,24)25/h2-11,13H,12H2,1H3,(H-,28,29,30,32). The van der Waals surface area contributed by atoms with Gasteiger partial charge in [0.25, 0.3) is 6.20 Å². The number of pyridine rings is 2. The summed E-state index contributed by atoms with van der Waals surface area (Å²) in [5.74, 6) is -0.108. The molecular formula is C22H17F3N6O2. The number of aliphatic imine (C=N–C) groups is 1. The number of anilines is 1. The minimum absolute atomic E-state index is 0.0420. The quantitative estimate of drug-likeness (QED) is 0.282. The van der Waals surface area contributed by atoms with Crippen molar-refractivity contribution in [3.05, 3.63) is 84.1 Å². The Morgan fingerprint density at radius 3 is 2.76 bits per heavy atom. The number of aryl methyl sites for hydroxylation is 1. The Morgan fingerprint density at radius 1 is 1.18 bits per heavy atom. The van der Waals surface area contributed by atoms with Crippen molar-refractivity contribution in [3.8, 4) is 11.1 Å². The number of aromatic nitrogens is 4. The lowest BCUT2D eigenvalue weighted by atomic mass is 10.0. The molecule has 0 spiro atoms. The van der Waals surface area contributed by atoms with Crippen LogP contribution >= 0.6 is 0 Å². The smallest absolute Gasteiger partial charge is 0.416 e. The van der Waals surface area contributed by atoms with Crippen LogP contribution in [0.5, 0.6) is 0 Å². The molecule has 0 unspecified atom stereocenters. The number of nitrogens with one attached hydrogen (secondary N) is 1. The zero-order valence-corrected chi connectivity index (χ0v) is 17.2. The Balaban J connectivity index is 1.42. The third-order valence-corrected chi connectivity index (χ3v) is 4.63. The van der Waals surface area contributed by atoms with Crippen molar-refractivity contribution in [2.75, 3.05) is 5.32 Å². The molecule has 11 heteroatoms. The van der Waals surface area contributed by atoms with E-state index in [2.05, 4.69) is 25.5 Å². The summed E-state index contributed by atoms with van der Waals surface area (Å²) < 4.78 is 44.8. The molecule has 33 heavy (non-hydrogen) atoms. The van der Waals surface area contributed by atoms with Crippen LogP contribution in [0.4, 0.5) is 24.7 Å². The van der Waals surface area contributed by atoms with Crippen LogP contribution in [0.1, 0.15) is 16.8 Å². The number of amidine groups is 1. The van der Waals surface area contributed by atoms with E-state index in [0.29, 0.717) is 5.69 Å². The van der Waals surface area contributed by atoms with Crippen LogP contribution in [0.15, 0.2) is 76.8 Å². The molecule has 0 aliphatic heterocycles. The van der Waals surface area contributed by atoms with Gasteiger partial charge < -0.3 is 10.4 Å². The van der Waals surface area contributed by atoms with Gasteiger partial charge in [0.15, 0.2) is 0 Å². The van der Waals surface area contributed by atoms with Gasteiger partial charge in [-0.1, -0.05) is 12.1 Å². The van der Waals surface area contributed by atoms with E-state index in [-0.39, 0.29) is 18.1 Å². The summed E-state index contributed by atoms with van der Waals surface area (Å²) in [5.41, 5.74) is 2.79. The van der Waals surface area contributed by atoms with Crippen LogP contribution in [-0.2, 0) is 12.7 Å². The Labute approximate surface area is 186 Å². The summed E-state index contributed by atoms with van der Waals surface area (Å²) in [7, 11) is 0. The molecule has 0 radical (unpaired) electrons. The second-order valence-corrected chi connectivity index (χ2v) is 7.09. The average molecular weight is 454 g/mol. The maximum Gasteiger partial charge on any atom is 0.416 e. The van der Waals surface area contributed by atoms with E-state index in [4.69, 9.17) is 4.52 Å². The lowest BCUT2D eigenvalue weighted by Crippen LogP contribution is -2.35. The third-order valence-electron chi connectivity index (χ3n) is 4.63.